The summed E-state index contributed by atoms with van der Waals surface area (Å²) < 4.78 is 5.03. The molecule has 0 saturated heterocycles. The maximum absolute atomic E-state index is 11.7. The third kappa shape index (κ3) is 2.24. The van der Waals surface area contributed by atoms with Gasteiger partial charge in [-0.1, -0.05) is 6.42 Å². The van der Waals surface area contributed by atoms with Crippen molar-refractivity contribution in [3.8, 4) is 0 Å². The predicted octanol–water partition coefficient (Wildman–Crippen LogP) is 1.96. The van der Waals surface area contributed by atoms with Crippen LogP contribution in [0.15, 0.2) is 0 Å². The molecule has 5 unspecified atom stereocenters. The maximum atomic E-state index is 11.7. The zero-order valence-electron chi connectivity index (χ0n) is 10.5. The van der Waals surface area contributed by atoms with Gasteiger partial charge in [0.15, 0.2) is 0 Å². The van der Waals surface area contributed by atoms with E-state index in [1.165, 1.54) is 25.7 Å². The summed E-state index contributed by atoms with van der Waals surface area (Å²) in [5.74, 6) is 2.52. The smallest absolute Gasteiger partial charge is 0.249 e. The predicted molar refractivity (Wildman–Crippen MR) is 63.0 cm³/mol. The highest BCUT2D eigenvalue weighted by atomic mass is 16.5. The average Bonchev–Trinajstić information content (AvgIpc) is 2.89. The molecular weight excluding hydrogens is 202 g/mol. The lowest BCUT2D eigenvalue weighted by atomic mass is 9.84. The number of carbonyl (C=O) groups excluding carboxylic acids is 1. The second-order valence-electron chi connectivity index (χ2n) is 5.51. The van der Waals surface area contributed by atoms with Crippen molar-refractivity contribution in [2.45, 2.75) is 51.7 Å². The maximum Gasteiger partial charge on any atom is 0.249 e. The van der Waals surface area contributed by atoms with Gasteiger partial charge in [0.25, 0.3) is 0 Å². The quantitative estimate of drug-likeness (QED) is 0.794. The third-order valence-electron chi connectivity index (χ3n) is 4.53. The number of rotatable bonds is 4. The topological polar surface area (TPSA) is 38.3 Å². The zero-order chi connectivity index (χ0) is 11.7. The molecule has 16 heavy (non-hydrogen) atoms. The van der Waals surface area contributed by atoms with E-state index in [0.717, 1.165) is 11.8 Å². The van der Waals surface area contributed by atoms with E-state index in [9.17, 15) is 4.79 Å². The summed E-state index contributed by atoms with van der Waals surface area (Å²) in [6.45, 7) is 3.94. The van der Waals surface area contributed by atoms with Gasteiger partial charge in [-0.3, -0.25) is 4.79 Å². The standard InChI is InChI=1S/C13H23NO2/c1-8(14-13(15)9(2)16-3)12-7-10-4-5-11(12)6-10/h8-12H,4-7H2,1-3H3,(H,14,15). The van der Waals surface area contributed by atoms with Crippen LogP contribution in [0.4, 0.5) is 0 Å². The number of carbonyl (C=O) groups is 1. The van der Waals surface area contributed by atoms with E-state index in [4.69, 9.17) is 4.74 Å². The van der Waals surface area contributed by atoms with Crippen molar-refractivity contribution < 1.29 is 9.53 Å². The minimum atomic E-state index is -0.332. The van der Waals surface area contributed by atoms with E-state index >= 15 is 0 Å². The summed E-state index contributed by atoms with van der Waals surface area (Å²) >= 11 is 0. The summed E-state index contributed by atoms with van der Waals surface area (Å²) in [5, 5.41) is 3.09. The fourth-order valence-corrected chi connectivity index (χ4v) is 3.46. The Morgan fingerprint density at radius 3 is 2.56 bits per heavy atom. The average molecular weight is 225 g/mol. The number of nitrogens with one attached hydrogen (secondary N) is 1. The molecule has 2 fully saturated rings. The number of methoxy groups -OCH3 is 1. The Balaban J connectivity index is 1.84. The SMILES string of the molecule is COC(C)C(=O)NC(C)C1CC2CCC1C2. The summed E-state index contributed by atoms with van der Waals surface area (Å²) in [6, 6.07) is 0.306. The molecule has 3 heteroatoms. The van der Waals surface area contributed by atoms with E-state index in [-0.39, 0.29) is 12.0 Å². The number of ether oxygens (including phenoxy) is 1. The zero-order valence-corrected chi connectivity index (χ0v) is 10.5. The van der Waals surface area contributed by atoms with Crippen LogP contribution in [0.25, 0.3) is 0 Å². The van der Waals surface area contributed by atoms with Crippen LogP contribution in [0, 0.1) is 17.8 Å². The van der Waals surface area contributed by atoms with Gasteiger partial charge in [0.05, 0.1) is 0 Å². The molecule has 2 aliphatic carbocycles. The molecule has 0 heterocycles. The summed E-state index contributed by atoms with van der Waals surface area (Å²) in [6.07, 6.45) is 5.16. The van der Waals surface area contributed by atoms with Crippen LogP contribution in [0.3, 0.4) is 0 Å². The van der Waals surface area contributed by atoms with Crippen molar-refractivity contribution in [2.75, 3.05) is 7.11 Å². The molecule has 0 aliphatic heterocycles. The van der Waals surface area contributed by atoms with Crippen molar-refractivity contribution in [3.63, 3.8) is 0 Å². The normalized spacial score (nSPS) is 36.1. The highest BCUT2D eigenvalue weighted by molar-refractivity contribution is 5.80. The van der Waals surface area contributed by atoms with E-state index in [2.05, 4.69) is 12.2 Å². The molecule has 0 aromatic rings. The highest BCUT2D eigenvalue weighted by Gasteiger charge is 2.42. The fraction of sp³-hybridized carbons (Fsp3) is 0.923. The molecule has 1 amide bonds. The molecule has 0 spiro atoms. The second-order valence-corrected chi connectivity index (χ2v) is 5.51. The number of hydrogen-bond donors (Lipinski definition) is 1. The van der Waals surface area contributed by atoms with Crippen molar-refractivity contribution in [3.05, 3.63) is 0 Å². The van der Waals surface area contributed by atoms with Gasteiger partial charge >= 0.3 is 0 Å². The van der Waals surface area contributed by atoms with Crippen molar-refractivity contribution >= 4 is 5.91 Å². The van der Waals surface area contributed by atoms with Gasteiger partial charge in [0, 0.05) is 13.2 Å². The molecule has 92 valence electrons. The first-order chi connectivity index (χ1) is 7.61. The van der Waals surface area contributed by atoms with Gasteiger partial charge in [-0.2, -0.15) is 0 Å². The van der Waals surface area contributed by atoms with Gasteiger partial charge in [-0.15, -0.1) is 0 Å². The highest BCUT2D eigenvalue weighted by Crippen LogP contribution is 2.49. The number of amides is 1. The molecule has 0 aromatic heterocycles. The minimum absolute atomic E-state index is 0.0257. The molecular formula is C13H23NO2. The van der Waals surface area contributed by atoms with Gasteiger partial charge in [0.1, 0.15) is 6.10 Å². The van der Waals surface area contributed by atoms with Gasteiger partial charge in [0.2, 0.25) is 5.91 Å². The Labute approximate surface area is 97.9 Å². The molecule has 5 atom stereocenters. The fourth-order valence-electron chi connectivity index (χ4n) is 3.46. The Bertz CT molecular complexity index is 267. The molecule has 2 aliphatic rings. The molecule has 0 aromatic carbocycles. The number of fused-ring (bicyclic) bond motifs is 2. The first kappa shape index (κ1) is 11.9. The Morgan fingerprint density at radius 2 is 2.06 bits per heavy atom. The first-order valence-electron chi connectivity index (χ1n) is 6.45. The van der Waals surface area contributed by atoms with Crippen LogP contribution in [-0.2, 0) is 9.53 Å². The Hall–Kier alpha value is -0.570. The summed E-state index contributed by atoms with van der Waals surface area (Å²) in [4.78, 5) is 11.7. The van der Waals surface area contributed by atoms with Gasteiger partial charge < -0.3 is 10.1 Å². The van der Waals surface area contributed by atoms with Crippen molar-refractivity contribution in [1.82, 2.24) is 5.32 Å². The van der Waals surface area contributed by atoms with Crippen molar-refractivity contribution in [1.29, 1.82) is 0 Å². The van der Waals surface area contributed by atoms with Crippen LogP contribution in [0.2, 0.25) is 0 Å². The number of hydrogen-bond acceptors (Lipinski definition) is 2. The lowest BCUT2D eigenvalue weighted by Crippen LogP contribution is -2.44. The molecule has 0 radical (unpaired) electrons. The Kier molecular flexibility index (Phi) is 3.53. The summed E-state index contributed by atoms with van der Waals surface area (Å²) in [5.41, 5.74) is 0. The lowest BCUT2D eigenvalue weighted by Gasteiger charge is -2.29. The molecule has 1 N–H and O–H groups in total. The van der Waals surface area contributed by atoms with Crippen LogP contribution in [-0.4, -0.2) is 25.2 Å². The van der Waals surface area contributed by atoms with E-state index in [1.54, 1.807) is 14.0 Å². The van der Waals surface area contributed by atoms with E-state index < -0.39 is 0 Å². The van der Waals surface area contributed by atoms with Crippen molar-refractivity contribution in [2.24, 2.45) is 17.8 Å². The first-order valence-corrected chi connectivity index (χ1v) is 6.45. The monoisotopic (exact) mass is 225 g/mol. The Morgan fingerprint density at radius 1 is 1.31 bits per heavy atom. The molecule has 3 nitrogen and oxygen atoms in total. The van der Waals surface area contributed by atoms with E-state index in [1.807, 2.05) is 0 Å². The molecule has 2 bridgehead atoms. The summed E-state index contributed by atoms with van der Waals surface area (Å²) in [7, 11) is 1.58. The van der Waals surface area contributed by atoms with Crippen LogP contribution in [0.1, 0.15) is 39.5 Å². The van der Waals surface area contributed by atoms with Crippen LogP contribution < -0.4 is 5.32 Å². The van der Waals surface area contributed by atoms with Gasteiger partial charge in [-0.25, -0.2) is 0 Å². The lowest BCUT2D eigenvalue weighted by molar-refractivity contribution is -0.131. The van der Waals surface area contributed by atoms with E-state index in [0.29, 0.717) is 12.0 Å². The van der Waals surface area contributed by atoms with Crippen LogP contribution in [0.5, 0.6) is 0 Å². The van der Waals surface area contributed by atoms with Crippen LogP contribution >= 0.6 is 0 Å². The largest absolute Gasteiger partial charge is 0.372 e. The molecule has 2 rings (SSSR count). The minimum Gasteiger partial charge on any atom is -0.372 e. The molecule has 2 saturated carbocycles. The third-order valence-corrected chi connectivity index (χ3v) is 4.53. The van der Waals surface area contributed by atoms with Gasteiger partial charge in [-0.05, 0) is 50.9 Å². The second kappa shape index (κ2) is 4.74.